The molecule has 0 aliphatic carbocycles. The Hall–Kier alpha value is -2.16. The number of aliphatic hydroxyl groups excluding tert-OH is 1. The van der Waals surface area contributed by atoms with Crippen LogP contribution in [0.4, 0.5) is 5.82 Å². The number of hydrogen-bond acceptors (Lipinski definition) is 7. The molecule has 0 aromatic carbocycles. The molecule has 0 spiro atoms. The van der Waals surface area contributed by atoms with Gasteiger partial charge in [0.05, 0.1) is 22.0 Å². The van der Waals surface area contributed by atoms with Gasteiger partial charge in [0.2, 0.25) is 0 Å². The van der Waals surface area contributed by atoms with E-state index in [-0.39, 0.29) is 11.3 Å². The Bertz CT molecular complexity index is 1080. The van der Waals surface area contributed by atoms with Crippen molar-refractivity contribution in [1.82, 2.24) is 24.5 Å². The first kappa shape index (κ1) is 21.7. The largest absolute Gasteiger partial charge is 0.377 e. The molecule has 3 aromatic rings. The van der Waals surface area contributed by atoms with Crippen LogP contribution in [0.3, 0.4) is 0 Å². The molecule has 0 bridgehead atoms. The fourth-order valence-corrected chi connectivity index (χ4v) is 6.32. The standard InChI is InChI=1S/C24H32N6OS/c1-4-11-28(3)22-16(2)15-30-21(26-22)14-18(27-30)19-9-5-6-12-29(19)24(31)20-13-17-8-7-10-25-23(17)32-20/h7-8,10,14-15,19-20,24,31H,4-6,9,11-13H2,1-3H3. The summed E-state index contributed by atoms with van der Waals surface area (Å²) in [4.78, 5) is 13.9. The molecule has 3 atom stereocenters. The van der Waals surface area contributed by atoms with E-state index in [1.165, 1.54) is 5.56 Å². The number of anilines is 1. The van der Waals surface area contributed by atoms with E-state index >= 15 is 0 Å². The van der Waals surface area contributed by atoms with Crippen LogP contribution in [0.5, 0.6) is 0 Å². The highest BCUT2D eigenvalue weighted by Crippen LogP contribution is 2.41. The maximum atomic E-state index is 11.4. The molecule has 0 radical (unpaired) electrons. The lowest BCUT2D eigenvalue weighted by Gasteiger charge is -2.39. The second kappa shape index (κ2) is 9.00. The van der Waals surface area contributed by atoms with Crippen molar-refractivity contribution in [2.24, 2.45) is 0 Å². The van der Waals surface area contributed by atoms with Gasteiger partial charge in [-0.3, -0.25) is 4.90 Å². The number of hydrogen-bond donors (Lipinski definition) is 1. The molecule has 1 saturated heterocycles. The average molecular weight is 453 g/mol. The Labute approximate surface area is 193 Å². The number of nitrogens with zero attached hydrogens (tertiary/aromatic N) is 6. The number of fused-ring (bicyclic) bond motifs is 2. The van der Waals surface area contributed by atoms with Gasteiger partial charge in [0, 0.05) is 44.2 Å². The van der Waals surface area contributed by atoms with Crippen molar-refractivity contribution in [1.29, 1.82) is 0 Å². The van der Waals surface area contributed by atoms with Gasteiger partial charge in [-0.1, -0.05) is 31.2 Å². The van der Waals surface area contributed by atoms with Gasteiger partial charge in [0.15, 0.2) is 5.65 Å². The van der Waals surface area contributed by atoms with Crippen molar-refractivity contribution in [3.63, 3.8) is 0 Å². The van der Waals surface area contributed by atoms with E-state index in [2.05, 4.69) is 54.0 Å². The number of aromatic nitrogens is 4. The van der Waals surface area contributed by atoms with E-state index in [4.69, 9.17) is 10.1 Å². The first-order valence-corrected chi connectivity index (χ1v) is 12.6. The second-order valence-electron chi connectivity index (χ2n) is 9.03. The molecular weight excluding hydrogens is 420 g/mol. The molecule has 1 fully saturated rings. The highest BCUT2D eigenvalue weighted by atomic mass is 32.2. The number of likely N-dealkylation sites (tertiary alicyclic amines) is 1. The Morgan fingerprint density at radius 2 is 2.22 bits per heavy atom. The average Bonchev–Trinajstić information content (AvgIpc) is 3.42. The van der Waals surface area contributed by atoms with Gasteiger partial charge in [0.1, 0.15) is 12.0 Å². The van der Waals surface area contributed by atoms with Crippen LogP contribution >= 0.6 is 11.8 Å². The summed E-state index contributed by atoms with van der Waals surface area (Å²) < 4.78 is 1.90. The summed E-state index contributed by atoms with van der Waals surface area (Å²) in [5, 5.41) is 17.5. The molecule has 5 heterocycles. The third kappa shape index (κ3) is 4.00. The minimum atomic E-state index is -0.523. The van der Waals surface area contributed by atoms with Crippen molar-refractivity contribution in [3.8, 4) is 0 Å². The van der Waals surface area contributed by atoms with E-state index < -0.39 is 6.23 Å². The van der Waals surface area contributed by atoms with Crippen LogP contribution in [0, 0.1) is 6.92 Å². The Morgan fingerprint density at radius 1 is 1.34 bits per heavy atom. The fraction of sp³-hybridized carbons (Fsp3) is 0.542. The quantitative estimate of drug-likeness (QED) is 0.609. The van der Waals surface area contributed by atoms with E-state index in [0.717, 1.165) is 72.9 Å². The summed E-state index contributed by atoms with van der Waals surface area (Å²) in [6, 6.07) is 6.32. The zero-order valence-corrected chi connectivity index (χ0v) is 19.9. The van der Waals surface area contributed by atoms with Gasteiger partial charge < -0.3 is 10.0 Å². The lowest BCUT2D eigenvalue weighted by molar-refractivity contribution is -0.0429. The molecule has 0 amide bonds. The number of rotatable bonds is 6. The predicted molar refractivity (Wildman–Crippen MR) is 128 cm³/mol. The topological polar surface area (TPSA) is 69.8 Å². The molecule has 3 aromatic heterocycles. The van der Waals surface area contributed by atoms with Crippen LogP contribution in [0.15, 0.2) is 35.6 Å². The van der Waals surface area contributed by atoms with Crippen molar-refractivity contribution in [2.45, 2.75) is 68.5 Å². The lowest BCUT2D eigenvalue weighted by Crippen LogP contribution is -2.46. The summed E-state index contributed by atoms with van der Waals surface area (Å²) in [6.45, 7) is 6.14. The van der Waals surface area contributed by atoms with Crippen LogP contribution in [0.1, 0.15) is 55.5 Å². The SMILES string of the molecule is CCCN(C)c1nc2cc(C3CCCCN3C(O)C3Cc4cccnc4S3)nn2cc1C. The molecule has 32 heavy (non-hydrogen) atoms. The van der Waals surface area contributed by atoms with Crippen LogP contribution in [0.25, 0.3) is 5.65 Å². The molecule has 5 rings (SSSR count). The summed E-state index contributed by atoms with van der Waals surface area (Å²) in [5.74, 6) is 1.01. The molecule has 8 heteroatoms. The number of aryl methyl sites for hydroxylation is 1. The van der Waals surface area contributed by atoms with Crippen molar-refractivity contribution in [2.75, 3.05) is 25.0 Å². The van der Waals surface area contributed by atoms with Crippen molar-refractivity contribution < 1.29 is 5.11 Å². The zero-order valence-electron chi connectivity index (χ0n) is 19.1. The maximum Gasteiger partial charge on any atom is 0.157 e. The first-order valence-electron chi connectivity index (χ1n) is 11.7. The van der Waals surface area contributed by atoms with Gasteiger partial charge in [-0.2, -0.15) is 5.10 Å². The van der Waals surface area contributed by atoms with Gasteiger partial charge in [-0.15, -0.1) is 0 Å². The molecule has 3 unspecified atom stereocenters. The van der Waals surface area contributed by atoms with Crippen LogP contribution in [-0.4, -0.2) is 61.2 Å². The fourth-order valence-electron chi connectivity index (χ4n) is 5.07. The number of aliphatic hydroxyl groups is 1. The molecular formula is C24H32N6OS. The van der Waals surface area contributed by atoms with E-state index in [1.807, 2.05) is 16.8 Å². The van der Waals surface area contributed by atoms with Gasteiger partial charge >= 0.3 is 0 Å². The van der Waals surface area contributed by atoms with Crippen LogP contribution in [0.2, 0.25) is 0 Å². The minimum absolute atomic E-state index is 0.104. The van der Waals surface area contributed by atoms with Gasteiger partial charge in [-0.05, 0) is 44.2 Å². The van der Waals surface area contributed by atoms with Crippen molar-refractivity contribution >= 4 is 23.2 Å². The molecule has 7 nitrogen and oxygen atoms in total. The molecule has 1 N–H and O–H groups in total. The number of pyridine rings is 1. The summed E-state index contributed by atoms with van der Waals surface area (Å²) in [7, 11) is 2.10. The van der Waals surface area contributed by atoms with Crippen LogP contribution in [-0.2, 0) is 6.42 Å². The molecule has 2 aliphatic rings. The zero-order chi connectivity index (χ0) is 22.2. The van der Waals surface area contributed by atoms with Crippen LogP contribution < -0.4 is 4.90 Å². The molecule has 0 saturated carbocycles. The third-order valence-electron chi connectivity index (χ3n) is 6.64. The van der Waals surface area contributed by atoms with E-state index in [0.29, 0.717) is 0 Å². The van der Waals surface area contributed by atoms with Crippen molar-refractivity contribution in [3.05, 3.63) is 47.4 Å². The summed E-state index contributed by atoms with van der Waals surface area (Å²) in [6.07, 6.45) is 8.59. The van der Waals surface area contributed by atoms with E-state index in [9.17, 15) is 5.11 Å². The maximum absolute atomic E-state index is 11.4. The highest BCUT2D eigenvalue weighted by Gasteiger charge is 2.38. The summed E-state index contributed by atoms with van der Waals surface area (Å²) in [5.41, 5.74) is 4.24. The monoisotopic (exact) mass is 452 g/mol. The highest BCUT2D eigenvalue weighted by molar-refractivity contribution is 8.00. The Kier molecular flexibility index (Phi) is 6.09. The van der Waals surface area contributed by atoms with Gasteiger partial charge in [-0.25, -0.2) is 14.5 Å². The Balaban J connectivity index is 1.41. The summed E-state index contributed by atoms with van der Waals surface area (Å²) >= 11 is 1.71. The number of thioether (sulfide) groups is 1. The first-order chi connectivity index (χ1) is 15.5. The van der Waals surface area contributed by atoms with E-state index in [1.54, 1.807) is 11.8 Å². The normalized spacial score (nSPS) is 22.2. The second-order valence-corrected chi connectivity index (χ2v) is 10.3. The molecule has 170 valence electrons. The lowest BCUT2D eigenvalue weighted by atomic mass is 9.98. The molecule has 2 aliphatic heterocycles. The Morgan fingerprint density at radius 3 is 3.03 bits per heavy atom. The smallest absolute Gasteiger partial charge is 0.157 e. The number of piperidine rings is 1. The minimum Gasteiger partial charge on any atom is -0.377 e. The predicted octanol–water partition coefficient (Wildman–Crippen LogP) is 3.84. The third-order valence-corrected chi connectivity index (χ3v) is 7.94. The van der Waals surface area contributed by atoms with Gasteiger partial charge in [0.25, 0.3) is 0 Å².